The van der Waals surface area contributed by atoms with Crippen molar-refractivity contribution in [3.8, 4) is 0 Å². The van der Waals surface area contributed by atoms with Gasteiger partial charge in [-0.1, -0.05) is 6.92 Å². The molecule has 0 aliphatic carbocycles. The standard InChI is InChI=1S/C11H15FN2O/c1-2-5-14-7-9-6-8(11(13)15)3-4-10(9)12/h3-4,6,14H,2,5,7H2,1H3,(H2,13,15). The number of nitrogens with one attached hydrogen (secondary N) is 1. The Kier molecular flexibility index (Phi) is 4.24. The summed E-state index contributed by atoms with van der Waals surface area (Å²) in [6, 6.07) is 4.14. The average Bonchev–Trinajstić information content (AvgIpc) is 2.20. The molecule has 0 spiro atoms. The van der Waals surface area contributed by atoms with Gasteiger partial charge < -0.3 is 11.1 Å². The van der Waals surface area contributed by atoms with Crippen LogP contribution in [0.25, 0.3) is 0 Å². The molecule has 1 aromatic rings. The third-order valence-corrected chi connectivity index (χ3v) is 2.07. The second-order valence-electron chi connectivity index (χ2n) is 3.35. The van der Waals surface area contributed by atoms with Crippen molar-refractivity contribution < 1.29 is 9.18 Å². The van der Waals surface area contributed by atoms with Crippen molar-refractivity contribution in [2.24, 2.45) is 5.73 Å². The smallest absolute Gasteiger partial charge is 0.248 e. The summed E-state index contributed by atoms with van der Waals surface area (Å²) in [6.45, 7) is 3.27. The molecule has 0 aliphatic heterocycles. The molecule has 15 heavy (non-hydrogen) atoms. The lowest BCUT2D eigenvalue weighted by atomic mass is 10.1. The molecular formula is C11H15FN2O. The van der Waals surface area contributed by atoms with Gasteiger partial charge in [-0.05, 0) is 31.2 Å². The maximum Gasteiger partial charge on any atom is 0.248 e. The second-order valence-corrected chi connectivity index (χ2v) is 3.35. The third-order valence-electron chi connectivity index (χ3n) is 2.07. The molecule has 0 atom stereocenters. The minimum atomic E-state index is -0.535. The fraction of sp³-hybridized carbons (Fsp3) is 0.364. The van der Waals surface area contributed by atoms with Crippen molar-refractivity contribution in [1.29, 1.82) is 0 Å². The van der Waals surface area contributed by atoms with E-state index in [1.165, 1.54) is 18.2 Å². The van der Waals surface area contributed by atoms with Gasteiger partial charge in [-0.25, -0.2) is 4.39 Å². The molecule has 3 nitrogen and oxygen atoms in total. The number of nitrogens with two attached hydrogens (primary N) is 1. The molecule has 0 saturated carbocycles. The highest BCUT2D eigenvalue weighted by Crippen LogP contribution is 2.10. The minimum absolute atomic E-state index is 0.316. The van der Waals surface area contributed by atoms with E-state index in [0.717, 1.165) is 13.0 Å². The van der Waals surface area contributed by atoms with Gasteiger partial charge in [0.25, 0.3) is 0 Å². The molecule has 0 unspecified atom stereocenters. The summed E-state index contributed by atoms with van der Waals surface area (Å²) in [4.78, 5) is 10.9. The summed E-state index contributed by atoms with van der Waals surface area (Å²) in [5, 5.41) is 3.07. The van der Waals surface area contributed by atoms with Crippen LogP contribution in [0.4, 0.5) is 4.39 Å². The Morgan fingerprint density at radius 2 is 2.27 bits per heavy atom. The summed E-state index contributed by atoms with van der Waals surface area (Å²) in [6.07, 6.45) is 0.983. The van der Waals surface area contributed by atoms with Crippen LogP contribution in [0.5, 0.6) is 0 Å². The molecule has 0 bridgehead atoms. The molecular weight excluding hydrogens is 195 g/mol. The highest BCUT2D eigenvalue weighted by atomic mass is 19.1. The summed E-state index contributed by atoms with van der Waals surface area (Å²) >= 11 is 0. The molecule has 0 aliphatic rings. The Hall–Kier alpha value is -1.42. The van der Waals surface area contributed by atoms with Gasteiger partial charge in [-0.3, -0.25) is 4.79 Å². The van der Waals surface area contributed by atoms with Crippen molar-refractivity contribution >= 4 is 5.91 Å². The molecule has 0 heterocycles. The number of hydrogen-bond acceptors (Lipinski definition) is 2. The van der Waals surface area contributed by atoms with Crippen LogP contribution < -0.4 is 11.1 Å². The summed E-state index contributed by atoms with van der Waals surface area (Å²) in [7, 11) is 0. The lowest BCUT2D eigenvalue weighted by Crippen LogP contribution is -2.16. The Bertz CT molecular complexity index is 352. The fourth-order valence-electron chi connectivity index (χ4n) is 1.26. The topological polar surface area (TPSA) is 55.1 Å². The van der Waals surface area contributed by atoms with E-state index in [9.17, 15) is 9.18 Å². The highest BCUT2D eigenvalue weighted by Gasteiger charge is 2.06. The van der Waals surface area contributed by atoms with Crippen LogP contribution in [-0.2, 0) is 6.54 Å². The number of primary amides is 1. The zero-order valence-corrected chi connectivity index (χ0v) is 8.72. The zero-order valence-electron chi connectivity index (χ0n) is 8.72. The number of benzene rings is 1. The number of carbonyl (C=O) groups is 1. The van der Waals surface area contributed by atoms with Crippen molar-refractivity contribution in [2.75, 3.05) is 6.54 Å². The van der Waals surface area contributed by atoms with Gasteiger partial charge in [0.05, 0.1) is 0 Å². The van der Waals surface area contributed by atoms with Crippen LogP contribution in [0.1, 0.15) is 29.3 Å². The molecule has 4 heteroatoms. The minimum Gasteiger partial charge on any atom is -0.366 e. The summed E-state index contributed by atoms with van der Waals surface area (Å²) in [5.74, 6) is -0.852. The van der Waals surface area contributed by atoms with Gasteiger partial charge in [0.2, 0.25) is 5.91 Å². The van der Waals surface area contributed by atoms with Crippen molar-refractivity contribution in [2.45, 2.75) is 19.9 Å². The predicted molar refractivity (Wildman–Crippen MR) is 56.9 cm³/mol. The molecule has 82 valence electrons. The van der Waals surface area contributed by atoms with Crippen LogP contribution in [0.15, 0.2) is 18.2 Å². The second kappa shape index (κ2) is 5.46. The molecule has 3 N–H and O–H groups in total. The third kappa shape index (κ3) is 3.32. The van der Waals surface area contributed by atoms with E-state index in [0.29, 0.717) is 17.7 Å². The van der Waals surface area contributed by atoms with E-state index >= 15 is 0 Å². The number of amides is 1. The van der Waals surface area contributed by atoms with Crippen LogP contribution in [0.2, 0.25) is 0 Å². The largest absolute Gasteiger partial charge is 0.366 e. The van der Waals surface area contributed by atoms with Crippen molar-refractivity contribution in [1.82, 2.24) is 5.32 Å². The molecule has 1 amide bonds. The zero-order chi connectivity index (χ0) is 11.3. The number of hydrogen-bond donors (Lipinski definition) is 2. The Morgan fingerprint density at radius 1 is 1.53 bits per heavy atom. The lowest BCUT2D eigenvalue weighted by molar-refractivity contribution is 0.1000. The SMILES string of the molecule is CCCNCc1cc(C(N)=O)ccc1F. The normalized spacial score (nSPS) is 10.3. The van der Waals surface area contributed by atoms with E-state index in [2.05, 4.69) is 5.32 Å². The van der Waals surface area contributed by atoms with Gasteiger partial charge in [-0.2, -0.15) is 0 Å². The quantitative estimate of drug-likeness (QED) is 0.722. The van der Waals surface area contributed by atoms with Crippen LogP contribution in [-0.4, -0.2) is 12.5 Å². The van der Waals surface area contributed by atoms with Crippen LogP contribution >= 0.6 is 0 Å². The summed E-state index contributed by atoms with van der Waals surface area (Å²) < 4.78 is 13.3. The van der Waals surface area contributed by atoms with Gasteiger partial charge >= 0.3 is 0 Å². The fourth-order valence-corrected chi connectivity index (χ4v) is 1.26. The number of halogens is 1. The van der Waals surface area contributed by atoms with E-state index in [4.69, 9.17) is 5.73 Å². The first-order valence-electron chi connectivity index (χ1n) is 4.94. The molecule has 1 aromatic carbocycles. The maximum absolute atomic E-state index is 13.3. The molecule has 1 rings (SSSR count). The van der Waals surface area contributed by atoms with E-state index in [1.54, 1.807) is 0 Å². The maximum atomic E-state index is 13.3. The van der Waals surface area contributed by atoms with E-state index < -0.39 is 5.91 Å². The molecule has 0 aromatic heterocycles. The van der Waals surface area contributed by atoms with E-state index in [-0.39, 0.29) is 5.82 Å². The molecule has 0 saturated heterocycles. The first-order valence-corrected chi connectivity index (χ1v) is 4.94. The van der Waals surface area contributed by atoms with Gasteiger partial charge in [0, 0.05) is 17.7 Å². The highest BCUT2D eigenvalue weighted by molar-refractivity contribution is 5.92. The van der Waals surface area contributed by atoms with Crippen LogP contribution in [0.3, 0.4) is 0 Å². The Morgan fingerprint density at radius 3 is 2.87 bits per heavy atom. The first kappa shape index (κ1) is 11.7. The average molecular weight is 210 g/mol. The van der Waals surface area contributed by atoms with Crippen molar-refractivity contribution in [3.05, 3.63) is 35.1 Å². The monoisotopic (exact) mass is 210 g/mol. The lowest BCUT2D eigenvalue weighted by Gasteiger charge is -2.06. The Balaban J connectivity index is 2.76. The van der Waals surface area contributed by atoms with Crippen LogP contribution in [0, 0.1) is 5.82 Å². The Labute approximate surface area is 88.5 Å². The van der Waals surface area contributed by atoms with Gasteiger partial charge in [-0.15, -0.1) is 0 Å². The number of rotatable bonds is 5. The van der Waals surface area contributed by atoms with Gasteiger partial charge in [0.15, 0.2) is 0 Å². The number of carbonyl (C=O) groups excluding carboxylic acids is 1. The van der Waals surface area contributed by atoms with Crippen molar-refractivity contribution in [3.63, 3.8) is 0 Å². The molecule has 0 radical (unpaired) electrons. The van der Waals surface area contributed by atoms with E-state index in [1.807, 2.05) is 6.92 Å². The first-order chi connectivity index (χ1) is 7.15. The summed E-state index contributed by atoms with van der Waals surface area (Å²) in [5.41, 5.74) is 5.92. The molecule has 0 fully saturated rings. The predicted octanol–water partition coefficient (Wildman–Crippen LogP) is 1.42. The van der Waals surface area contributed by atoms with Gasteiger partial charge in [0.1, 0.15) is 5.82 Å².